The highest BCUT2D eigenvalue weighted by Crippen LogP contribution is 2.38. The van der Waals surface area contributed by atoms with Gasteiger partial charge in [-0.15, -0.1) is 0 Å². The Bertz CT molecular complexity index is 433. The van der Waals surface area contributed by atoms with Gasteiger partial charge in [0.25, 0.3) is 0 Å². The van der Waals surface area contributed by atoms with Gasteiger partial charge in [-0.1, -0.05) is 28.1 Å². The molecule has 2 nitrogen and oxygen atoms in total. The van der Waals surface area contributed by atoms with E-state index in [9.17, 15) is 0 Å². The third-order valence-electron chi connectivity index (χ3n) is 4.39. The van der Waals surface area contributed by atoms with E-state index in [0.717, 1.165) is 25.0 Å². The predicted octanol–water partition coefficient (Wildman–Crippen LogP) is 3.15. The largest absolute Gasteiger partial charge is 0.316 e. The van der Waals surface area contributed by atoms with Crippen LogP contribution in [0.4, 0.5) is 0 Å². The fraction of sp³-hybridized carbons (Fsp3) is 0.600. The molecule has 1 N–H and O–H groups in total. The Morgan fingerprint density at radius 1 is 1.39 bits per heavy atom. The average molecular weight is 309 g/mol. The molecule has 1 aromatic rings. The Balaban J connectivity index is 1.69. The Hall–Kier alpha value is -0.380. The molecule has 98 valence electrons. The summed E-state index contributed by atoms with van der Waals surface area (Å²) in [7, 11) is 1.99. The van der Waals surface area contributed by atoms with Crippen LogP contribution in [-0.4, -0.2) is 24.5 Å². The third kappa shape index (κ3) is 2.49. The Labute approximate surface area is 118 Å². The third-order valence-corrected chi connectivity index (χ3v) is 5.13. The molecule has 1 aromatic carbocycles. The fourth-order valence-corrected chi connectivity index (χ4v) is 4.02. The molecule has 0 amide bonds. The second-order valence-corrected chi connectivity index (χ2v) is 6.57. The van der Waals surface area contributed by atoms with Crippen LogP contribution in [0.25, 0.3) is 0 Å². The van der Waals surface area contributed by atoms with Crippen molar-refractivity contribution in [2.24, 2.45) is 5.92 Å². The molecule has 2 unspecified atom stereocenters. The first-order valence-electron chi connectivity index (χ1n) is 6.92. The van der Waals surface area contributed by atoms with E-state index < -0.39 is 0 Å². The minimum absolute atomic E-state index is 0.860. The monoisotopic (exact) mass is 308 g/mol. The summed E-state index contributed by atoms with van der Waals surface area (Å²) < 4.78 is 1.26. The van der Waals surface area contributed by atoms with Crippen LogP contribution in [-0.2, 0) is 13.1 Å². The van der Waals surface area contributed by atoms with Crippen molar-refractivity contribution < 1.29 is 0 Å². The summed E-state index contributed by atoms with van der Waals surface area (Å²) in [5, 5.41) is 3.19. The number of hydrogen-bond acceptors (Lipinski definition) is 2. The maximum atomic E-state index is 3.72. The molecule has 18 heavy (non-hydrogen) atoms. The van der Waals surface area contributed by atoms with E-state index >= 15 is 0 Å². The van der Waals surface area contributed by atoms with Crippen LogP contribution < -0.4 is 5.32 Å². The van der Waals surface area contributed by atoms with Crippen LogP contribution in [0.15, 0.2) is 22.7 Å². The van der Waals surface area contributed by atoms with Crippen LogP contribution in [0.5, 0.6) is 0 Å². The number of halogens is 1. The molecular weight excluding hydrogens is 288 g/mol. The van der Waals surface area contributed by atoms with Crippen molar-refractivity contribution in [2.45, 2.75) is 38.4 Å². The predicted molar refractivity (Wildman–Crippen MR) is 78.4 cm³/mol. The van der Waals surface area contributed by atoms with E-state index in [0.29, 0.717) is 0 Å². The summed E-state index contributed by atoms with van der Waals surface area (Å²) >= 11 is 3.72. The maximum Gasteiger partial charge on any atom is 0.0247 e. The number of nitrogens with one attached hydrogen (secondary N) is 1. The molecule has 2 fully saturated rings. The fourth-order valence-electron chi connectivity index (χ4n) is 3.47. The van der Waals surface area contributed by atoms with Crippen LogP contribution in [0, 0.1) is 5.92 Å². The minimum Gasteiger partial charge on any atom is -0.316 e. The molecule has 1 aliphatic carbocycles. The SMILES string of the molecule is CNCc1ccc(CN2CC3CCC2C3)c(Br)c1. The maximum absolute atomic E-state index is 3.72. The van der Waals surface area contributed by atoms with Crippen LogP contribution in [0.2, 0.25) is 0 Å². The zero-order valence-electron chi connectivity index (χ0n) is 11.0. The summed E-state index contributed by atoms with van der Waals surface area (Å²) in [6.45, 7) is 3.37. The molecule has 0 aromatic heterocycles. The van der Waals surface area contributed by atoms with E-state index in [1.54, 1.807) is 0 Å². The van der Waals surface area contributed by atoms with Crippen molar-refractivity contribution in [3.05, 3.63) is 33.8 Å². The molecule has 1 saturated heterocycles. The first kappa shape index (κ1) is 12.6. The topological polar surface area (TPSA) is 15.3 Å². The second kappa shape index (κ2) is 5.32. The quantitative estimate of drug-likeness (QED) is 0.919. The van der Waals surface area contributed by atoms with Crippen molar-refractivity contribution in [2.75, 3.05) is 13.6 Å². The van der Waals surface area contributed by atoms with Crippen LogP contribution in [0.1, 0.15) is 30.4 Å². The number of likely N-dealkylation sites (tertiary alicyclic amines) is 1. The number of hydrogen-bond donors (Lipinski definition) is 1. The molecular formula is C15H21BrN2. The summed E-state index contributed by atoms with van der Waals surface area (Å²) in [6, 6.07) is 7.63. The smallest absolute Gasteiger partial charge is 0.0247 e. The number of rotatable bonds is 4. The molecule has 1 heterocycles. The van der Waals surface area contributed by atoms with Gasteiger partial charge in [0.05, 0.1) is 0 Å². The first-order valence-corrected chi connectivity index (χ1v) is 7.71. The van der Waals surface area contributed by atoms with Gasteiger partial charge < -0.3 is 5.32 Å². The molecule has 1 aliphatic heterocycles. The first-order chi connectivity index (χ1) is 8.76. The number of piperidine rings is 1. The van der Waals surface area contributed by atoms with Gasteiger partial charge in [0.1, 0.15) is 0 Å². The lowest BCUT2D eigenvalue weighted by molar-refractivity contribution is 0.205. The summed E-state index contributed by atoms with van der Waals surface area (Å²) in [6.07, 6.45) is 4.32. The standard InChI is InChI=1S/C15H21BrN2/c1-17-8-11-2-4-13(15(16)7-11)10-18-9-12-3-5-14(18)6-12/h2,4,7,12,14,17H,3,5-6,8-10H2,1H3. The van der Waals surface area contributed by atoms with E-state index in [2.05, 4.69) is 44.3 Å². The van der Waals surface area contributed by atoms with Gasteiger partial charge in [-0.25, -0.2) is 0 Å². The van der Waals surface area contributed by atoms with Gasteiger partial charge in [0.15, 0.2) is 0 Å². The Morgan fingerprint density at radius 3 is 2.89 bits per heavy atom. The molecule has 2 aliphatic rings. The van der Waals surface area contributed by atoms with E-state index in [4.69, 9.17) is 0 Å². The van der Waals surface area contributed by atoms with Gasteiger partial charge in [0.2, 0.25) is 0 Å². The van der Waals surface area contributed by atoms with Crippen LogP contribution >= 0.6 is 15.9 Å². The highest BCUT2D eigenvalue weighted by Gasteiger charge is 2.37. The minimum atomic E-state index is 0.860. The summed E-state index contributed by atoms with van der Waals surface area (Å²) in [5.41, 5.74) is 2.78. The highest BCUT2D eigenvalue weighted by molar-refractivity contribution is 9.10. The van der Waals surface area contributed by atoms with Crippen molar-refractivity contribution in [3.8, 4) is 0 Å². The highest BCUT2D eigenvalue weighted by atomic mass is 79.9. The number of benzene rings is 1. The number of nitrogens with zero attached hydrogens (tertiary/aromatic N) is 1. The van der Waals surface area contributed by atoms with E-state index in [1.165, 1.54) is 41.4 Å². The van der Waals surface area contributed by atoms with E-state index in [1.807, 2.05) is 7.05 Å². The number of fused-ring (bicyclic) bond motifs is 2. The molecule has 1 saturated carbocycles. The second-order valence-electron chi connectivity index (χ2n) is 5.72. The van der Waals surface area contributed by atoms with Crippen molar-refractivity contribution in [1.82, 2.24) is 10.2 Å². The summed E-state index contributed by atoms with van der Waals surface area (Å²) in [5.74, 6) is 0.984. The van der Waals surface area contributed by atoms with Crippen molar-refractivity contribution in [1.29, 1.82) is 0 Å². The molecule has 3 rings (SSSR count). The molecule has 0 spiro atoms. The average Bonchev–Trinajstić information content (AvgIpc) is 2.95. The molecule has 2 bridgehead atoms. The Morgan fingerprint density at radius 2 is 2.28 bits per heavy atom. The van der Waals surface area contributed by atoms with Gasteiger partial charge >= 0.3 is 0 Å². The zero-order chi connectivity index (χ0) is 12.5. The van der Waals surface area contributed by atoms with Gasteiger partial charge in [-0.3, -0.25) is 4.90 Å². The molecule has 3 heteroatoms. The van der Waals surface area contributed by atoms with E-state index in [-0.39, 0.29) is 0 Å². The molecule has 0 radical (unpaired) electrons. The molecule has 2 atom stereocenters. The summed E-state index contributed by atoms with van der Waals surface area (Å²) in [4.78, 5) is 2.67. The van der Waals surface area contributed by atoms with Gasteiger partial charge in [-0.05, 0) is 49.4 Å². The zero-order valence-corrected chi connectivity index (χ0v) is 12.5. The normalized spacial score (nSPS) is 27.0. The van der Waals surface area contributed by atoms with Gasteiger partial charge in [0, 0.05) is 30.1 Å². The van der Waals surface area contributed by atoms with Gasteiger partial charge in [-0.2, -0.15) is 0 Å². The lowest BCUT2D eigenvalue weighted by Crippen LogP contribution is -2.31. The Kier molecular flexibility index (Phi) is 3.73. The van der Waals surface area contributed by atoms with Crippen molar-refractivity contribution in [3.63, 3.8) is 0 Å². The van der Waals surface area contributed by atoms with Crippen LogP contribution in [0.3, 0.4) is 0 Å². The lowest BCUT2D eigenvalue weighted by atomic mass is 10.1. The lowest BCUT2D eigenvalue weighted by Gasteiger charge is -2.27. The van der Waals surface area contributed by atoms with Crippen molar-refractivity contribution >= 4 is 15.9 Å².